The van der Waals surface area contributed by atoms with Crippen LogP contribution in [0.15, 0.2) is 15.6 Å². The van der Waals surface area contributed by atoms with Gasteiger partial charge in [0.05, 0.1) is 6.20 Å². The van der Waals surface area contributed by atoms with Crippen LogP contribution in [0.2, 0.25) is 0 Å². The van der Waals surface area contributed by atoms with Crippen LogP contribution in [0.3, 0.4) is 0 Å². The van der Waals surface area contributed by atoms with Gasteiger partial charge in [0.25, 0.3) is 10.0 Å². The molecule has 1 heterocycles. The fourth-order valence-electron chi connectivity index (χ4n) is 0.597. The zero-order valence-corrected chi connectivity index (χ0v) is 6.42. The smallest absolute Gasteiger partial charge is 0.267 e. The third-order valence-electron chi connectivity index (χ3n) is 1.12. The van der Waals surface area contributed by atoms with Crippen molar-refractivity contribution in [1.29, 1.82) is 0 Å². The van der Waals surface area contributed by atoms with Crippen LogP contribution in [0.4, 0.5) is 0 Å². The zero-order valence-electron chi connectivity index (χ0n) is 5.60. The summed E-state index contributed by atoms with van der Waals surface area (Å²) in [6.07, 6.45) is 1.01. The summed E-state index contributed by atoms with van der Waals surface area (Å²) in [4.78, 5) is 0.990. The van der Waals surface area contributed by atoms with Gasteiger partial charge in [-0.1, -0.05) is 10.0 Å². The van der Waals surface area contributed by atoms with Crippen LogP contribution in [0.25, 0.3) is 0 Å². The van der Waals surface area contributed by atoms with Gasteiger partial charge in [-0.25, -0.2) is 8.42 Å². The van der Waals surface area contributed by atoms with E-state index in [1.165, 1.54) is 6.92 Å². The highest BCUT2D eigenvalue weighted by atomic mass is 32.2. The molecule has 0 saturated heterocycles. The fraction of sp³-hybridized carbons (Fsp3) is 0.250. The lowest BCUT2D eigenvalue weighted by Crippen LogP contribution is -2.19. The van der Waals surface area contributed by atoms with E-state index >= 15 is 0 Å². The standard InChI is InChI=1S/C4H6N2O4S/c1-3-4(2-5-10-3)11(8,9)6-7/h2,6-7H,1H3. The lowest BCUT2D eigenvalue weighted by Gasteiger charge is -1.95. The number of sulfonamides is 1. The summed E-state index contributed by atoms with van der Waals surface area (Å²) < 4.78 is 26.1. The van der Waals surface area contributed by atoms with Gasteiger partial charge in [-0.15, -0.1) is 0 Å². The summed E-state index contributed by atoms with van der Waals surface area (Å²) >= 11 is 0. The Morgan fingerprint density at radius 2 is 2.36 bits per heavy atom. The molecule has 1 aromatic heterocycles. The minimum atomic E-state index is -3.84. The van der Waals surface area contributed by atoms with Crippen molar-refractivity contribution < 1.29 is 18.1 Å². The van der Waals surface area contributed by atoms with Gasteiger partial charge in [0, 0.05) is 0 Å². The Kier molecular flexibility index (Phi) is 1.94. The molecule has 0 aliphatic heterocycles. The Hall–Kier alpha value is -0.920. The van der Waals surface area contributed by atoms with Crippen molar-refractivity contribution >= 4 is 10.0 Å². The van der Waals surface area contributed by atoms with Crippen molar-refractivity contribution in [3.63, 3.8) is 0 Å². The monoisotopic (exact) mass is 178 g/mol. The lowest BCUT2D eigenvalue weighted by atomic mass is 10.5. The second-order valence-electron chi connectivity index (χ2n) is 1.84. The third kappa shape index (κ3) is 1.39. The van der Waals surface area contributed by atoms with Crippen molar-refractivity contribution in [3.8, 4) is 0 Å². The Labute approximate surface area is 62.8 Å². The molecule has 0 atom stereocenters. The van der Waals surface area contributed by atoms with E-state index in [9.17, 15) is 8.42 Å². The summed E-state index contributed by atoms with van der Waals surface area (Å²) in [6.45, 7) is 1.43. The highest BCUT2D eigenvalue weighted by Crippen LogP contribution is 2.11. The SMILES string of the molecule is Cc1oncc1S(=O)(=O)NO. The fourth-order valence-corrected chi connectivity index (χ4v) is 1.29. The number of nitrogens with zero attached hydrogens (tertiary/aromatic N) is 1. The normalized spacial score (nSPS) is 11.8. The number of rotatable bonds is 2. The van der Waals surface area contributed by atoms with Gasteiger partial charge in [0.15, 0.2) is 5.76 Å². The summed E-state index contributed by atoms with van der Waals surface area (Å²) in [7, 11) is -3.84. The van der Waals surface area contributed by atoms with Gasteiger partial charge in [0.2, 0.25) is 0 Å². The Bertz CT molecular complexity index is 341. The molecule has 0 aromatic carbocycles. The maximum Gasteiger partial charge on any atom is 0.267 e. The first kappa shape index (κ1) is 8.18. The molecule has 0 spiro atoms. The Morgan fingerprint density at radius 1 is 1.73 bits per heavy atom. The molecular formula is C4H6N2O4S. The van der Waals surface area contributed by atoms with Crippen LogP contribution in [0, 0.1) is 6.92 Å². The van der Waals surface area contributed by atoms with E-state index < -0.39 is 10.0 Å². The van der Waals surface area contributed by atoms with Gasteiger partial charge in [-0.2, -0.15) is 0 Å². The maximum absolute atomic E-state index is 10.8. The second-order valence-corrected chi connectivity index (χ2v) is 3.47. The van der Waals surface area contributed by atoms with E-state index in [1.54, 1.807) is 0 Å². The molecule has 0 bridgehead atoms. The lowest BCUT2D eigenvalue weighted by molar-refractivity contribution is 0.242. The van der Waals surface area contributed by atoms with E-state index in [0.29, 0.717) is 0 Å². The summed E-state index contributed by atoms with van der Waals surface area (Å²) in [5.74, 6) is 0.131. The molecule has 7 heteroatoms. The average Bonchev–Trinajstić information content (AvgIpc) is 2.36. The molecule has 0 radical (unpaired) electrons. The first-order chi connectivity index (χ1) is 5.08. The third-order valence-corrected chi connectivity index (χ3v) is 2.33. The van der Waals surface area contributed by atoms with E-state index in [1.807, 2.05) is 0 Å². The highest BCUT2D eigenvalue weighted by molar-refractivity contribution is 7.89. The number of aryl methyl sites for hydroxylation is 1. The molecule has 0 aliphatic rings. The molecule has 62 valence electrons. The second kappa shape index (κ2) is 2.61. The quantitative estimate of drug-likeness (QED) is 0.604. The van der Waals surface area contributed by atoms with Gasteiger partial charge in [-0.05, 0) is 6.92 Å². The molecule has 1 rings (SSSR count). The van der Waals surface area contributed by atoms with Gasteiger partial charge in [0.1, 0.15) is 4.90 Å². The first-order valence-corrected chi connectivity index (χ1v) is 4.13. The Morgan fingerprint density at radius 3 is 2.73 bits per heavy atom. The van der Waals surface area contributed by atoms with Gasteiger partial charge in [-0.3, -0.25) is 0 Å². The predicted molar refractivity (Wildman–Crippen MR) is 33.3 cm³/mol. The molecule has 2 N–H and O–H groups in total. The number of aromatic nitrogens is 1. The number of hydrogen-bond donors (Lipinski definition) is 2. The maximum atomic E-state index is 10.8. The van der Waals surface area contributed by atoms with Crippen LogP contribution in [0.5, 0.6) is 0 Å². The van der Waals surface area contributed by atoms with E-state index in [0.717, 1.165) is 11.1 Å². The molecular weight excluding hydrogens is 172 g/mol. The minimum absolute atomic E-state index is 0.131. The number of hydrogen-bond acceptors (Lipinski definition) is 5. The van der Waals surface area contributed by atoms with Crippen LogP contribution >= 0.6 is 0 Å². The molecule has 11 heavy (non-hydrogen) atoms. The van der Waals surface area contributed by atoms with E-state index in [2.05, 4.69) is 9.68 Å². The van der Waals surface area contributed by atoms with Crippen molar-refractivity contribution in [3.05, 3.63) is 12.0 Å². The molecule has 0 amide bonds. The minimum Gasteiger partial charge on any atom is -0.360 e. The van der Waals surface area contributed by atoms with Gasteiger partial charge < -0.3 is 9.73 Å². The summed E-state index contributed by atoms with van der Waals surface area (Å²) in [6, 6.07) is 0. The van der Waals surface area contributed by atoms with Crippen molar-refractivity contribution in [2.24, 2.45) is 0 Å². The Balaban J connectivity index is 3.22. The van der Waals surface area contributed by atoms with Crippen molar-refractivity contribution in [1.82, 2.24) is 10.0 Å². The zero-order chi connectivity index (χ0) is 8.48. The first-order valence-electron chi connectivity index (χ1n) is 2.65. The molecule has 0 saturated carbocycles. The summed E-state index contributed by atoms with van der Waals surface area (Å²) in [5, 5.41) is 11.4. The van der Waals surface area contributed by atoms with Crippen molar-refractivity contribution in [2.75, 3.05) is 0 Å². The largest absolute Gasteiger partial charge is 0.360 e. The molecule has 6 nitrogen and oxygen atoms in total. The van der Waals surface area contributed by atoms with Crippen molar-refractivity contribution in [2.45, 2.75) is 11.8 Å². The topological polar surface area (TPSA) is 92.4 Å². The van der Waals surface area contributed by atoms with E-state index in [4.69, 9.17) is 5.21 Å². The van der Waals surface area contributed by atoms with Gasteiger partial charge >= 0.3 is 0 Å². The predicted octanol–water partition coefficient (Wildman–Crippen LogP) is -0.349. The van der Waals surface area contributed by atoms with Crippen LogP contribution in [-0.2, 0) is 10.0 Å². The molecule has 1 aromatic rings. The van der Waals surface area contributed by atoms with Crippen LogP contribution < -0.4 is 4.89 Å². The molecule has 0 fully saturated rings. The summed E-state index contributed by atoms with van der Waals surface area (Å²) in [5.41, 5.74) is 0. The van der Waals surface area contributed by atoms with E-state index in [-0.39, 0.29) is 10.7 Å². The molecule has 0 unspecified atom stereocenters. The van der Waals surface area contributed by atoms with Crippen LogP contribution in [0.1, 0.15) is 5.76 Å². The number of nitrogens with one attached hydrogen (secondary N) is 1. The highest BCUT2D eigenvalue weighted by Gasteiger charge is 2.18. The van der Waals surface area contributed by atoms with Crippen LogP contribution in [-0.4, -0.2) is 18.8 Å². The molecule has 0 aliphatic carbocycles. The average molecular weight is 178 g/mol.